The molecule has 0 aliphatic rings. The van der Waals surface area contributed by atoms with Crippen LogP contribution in [0.5, 0.6) is 0 Å². The standard InChI is InChI=1S/C16H18FN3O4/c1-11(8-13-4-3-5-14(17)9-13)16(21)24-7-6-19-12(2)18-10-15(19)20(22)23/h3-5,9-11H,6-8H2,1-2H3. The number of rotatable bonds is 7. The number of esters is 1. The lowest BCUT2D eigenvalue weighted by Crippen LogP contribution is -2.20. The van der Waals surface area contributed by atoms with E-state index < -0.39 is 16.8 Å². The smallest absolute Gasteiger partial charge is 0.342 e. The molecule has 0 radical (unpaired) electrons. The van der Waals surface area contributed by atoms with Crippen LogP contribution in [0, 0.1) is 28.8 Å². The fourth-order valence-electron chi connectivity index (χ4n) is 2.36. The van der Waals surface area contributed by atoms with Gasteiger partial charge in [0.15, 0.2) is 5.82 Å². The Morgan fingerprint density at radius 1 is 1.50 bits per heavy atom. The molecule has 2 rings (SSSR count). The molecule has 2 aromatic rings. The molecule has 0 bridgehead atoms. The Balaban J connectivity index is 1.87. The van der Waals surface area contributed by atoms with Gasteiger partial charge in [-0.15, -0.1) is 0 Å². The summed E-state index contributed by atoms with van der Waals surface area (Å²) in [4.78, 5) is 26.2. The molecule has 0 aliphatic carbocycles. The summed E-state index contributed by atoms with van der Waals surface area (Å²) in [5.74, 6) is -0.886. The van der Waals surface area contributed by atoms with E-state index in [9.17, 15) is 19.3 Å². The fraction of sp³-hybridized carbons (Fsp3) is 0.375. The molecular formula is C16H18FN3O4. The number of hydrogen-bond acceptors (Lipinski definition) is 5. The van der Waals surface area contributed by atoms with E-state index in [-0.39, 0.29) is 24.8 Å². The first-order valence-electron chi connectivity index (χ1n) is 7.46. The van der Waals surface area contributed by atoms with E-state index in [0.717, 1.165) is 0 Å². The molecule has 1 heterocycles. The van der Waals surface area contributed by atoms with Gasteiger partial charge < -0.3 is 14.9 Å². The first-order valence-corrected chi connectivity index (χ1v) is 7.46. The predicted octanol–water partition coefficient (Wildman–Crippen LogP) is 2.66. The van der Waals surface area contributed by atoms with Gasteiger partial charge in [0.25, 0.3) is 0 Å². The number of imidazole rings is 1. The molecule has 0 saturated heterocycles. The second-order valence-corrected chi connectivity index (χ2v) is 5.47. The highest BCUT2D eigenvalue weighted by Crippen LogP contribution is 2.14. The number of hydrogen-bond donors (Lipinski definition) is 0. The summed E-state index contributed by atoms with van der Waals surface area (Å²) in [6, 6.07) is 6.05. The van der Waals surface area contributed by atoms with Gasteiger partial charge in [-0.25, -0.2) is 13.9 Å². The summed E-state index contributed by atoms with van der Waals surface area (Å²) in [6.45, 7) is 3.49. The van der Waals surface area contributed by atoms with E-state index in [2.05, 4.69) is 4.98 Å². The van der Waals surface area contributed by atoms with Crippen molar-refractivity contribution in [1.82, 2.24) is 9.55 Å². The Morgan fingerprint density at radius 2 is 2.25 bits per heavy atom. The maximum absolute atomic E-state index is 13.1. The Kier molecular flexibility index (Phi) is 5.62. The van der Waals surface area contributed by atoms with Gasteiger partial charge in [0.05, 0.1) is 5.92 Å². The third-order valence-corrected chi connectivity index (χ3v) is 3.61. The summed E-state index contributed by atoms with van der Waals surface area (Å²) in [7, 11) is 0. The molecule has 1 aromatic carbocycles. The molecule has 128 valence electrons. The Hall–Kier alpha value is -2.77. The van der Waals surface area contributed by atoms with E-state index in [1.54, 1.807) is 26.0 Å². The Labute approximate surface area is 138 Å². The largest absolute Gasteiger partial charge is 0.461 e. The highest BCUT2D eigenvalue weighted by atomic mass is 19.1. The molecular weight excluding hydrogens is 317 g/mol. The van der Waals surface area contributed by atoms with Crippen LogP contribution in [0.25, 0.3) is 0 Å². The quantitative estimate of drug-likeness (QED) is 0.441. The van der Waals surface area contributed by atoms with Crippen molar-refractivity contribution in [2.45, 2.75) is 26.8 Å². The molecule has 1 atom stereocenters. The van der Waals surface area contributed by atoms with E-state index in [1.807, 2.05) is 0 Å². The van der Waals surface area contributed by atoms with Gasteiger partial charge in [0.1, 0.15) is 25.2 Å². The minimum Gasteiger partial charge on any atom is -0.461 e. The maximum atomic E-state index is 13.1. The van der Waals surface area contributed by atoms with Crippen molar-refractivity contribution >= 4 is 11.8 Å². The lowest BCUT2D eigenvalue weighted by Gasteiger charge is -2.11. The van der Waals surface area contributed by atoms with Crippen LogP contribution in [0.1, 0.15) is 18.3 Å². The van der Waals surface area contributed by atoms with Crippen molar-refractivity contribution in [1.29, 1.82) is 0 Å². The van der Waals surface area contributed by atoms with Crippen LogP contribution in [0.15, 0.2) is 30.5 Å². The topological polar surface area (TPSA) is 87.3 Å². The van der Waals surface area contributed by atoms with Gasteiger partial charge in [-0.3, -0.25) is 4.79 Å². The van der Waals surface area contributed by atoms with Crippen molar-refractivity contribution < 1.29 is 18.8 Å². The van der Waals surface area contributed by atoms with Crippen LogP contribution < -0.4 is 0 Å². The number of benzene rings is 1. The average molecular weight is 335 g/mol. The molecule has 0 fully saturated rings. The molecule has 0 amide bonds. The molecule has 1 unspecified atom stereocenters. The van der Waals surface area contributed by atoms with E-state index >= 15 is 0 Å². The zero-order valence-electron chi connectivity index (χ0n) is 13.4. The van der Waals surface area contributed by atoms with Gasteiger partial charge in [0.2, 0.25) is 0 Å². The first kappa shape index (κ1) is 17.6. The minimum absolute atomic E-state index is 0.00433. The van der Waals surface area contributed by atoms with Crippen molar-refractivity contribution in [2.75, 3.05) is 6.61 Å². The van der Waals surface area contributed by atoms with Crippen LogP contribution >= 0.6 is 0 Å². The summed E-state index contributed by atoms with van der Waals surface area (Å²) in [6.07, 6.45) is 1.53. The van der Waals surface area contributed by atoms with Crippen molar-refractivity contribution in [3.05, 3.63) is 57.8 Å². The highest BCUT2D eigenvalue weighted by Gasteiger charge is 2.19. The number of halogens is 1. The molecule has 0 saturated carbocycles. The van der Waals surface area contributed by atoms with Crippen molar-refractivity contribution in [3.63, 3.8) is 0 Å². The van der Waals surface area contributed by atoms with Crippen LogP contribution in [-0.4, -0.2) is 27.1 Å². The number of aryl methyl sites for hydroxylation is 1. The number of carbonyl (C=O) groups excluding carboxylic acids is 1. The third kappa shape index (κ3) is 4.37. The number of aromatic nitrogens is 2. The van der Waals surface area contributed by atoms with Crippen LogP contribution in [-0.2, 0) is 22.5 Å². The van der Waals surface area contributed by atoms with Crippen molar-refractivity contribution in [2.24, 2.45) is 5.92 Å². The third-order valence-electron chi connectivity index (χ3n) is 3.61. The highest BCUT2D eigenvalue weighted by molar-refractivity contribution is 5.72. The molecule has 7 nitrogen and oxygen atoms in total. The van der Waals surface area contributed by atoms with Gasteiger partial charge in [-0.1, -0.05) is 19.1 Å². The predicted molar refractivity (Wildman–Crippen MR) is 83.8 cm³/mol. The minimum atomic E-state index is -0.533. The van der Waals surface area contributed by atoms with Crippen LogP contribution in [0.2, 0.25) is 0 Å². The van der Waals surface area contributed by atoms with Gasteiger partial charge in [-0.2, -0.15) is 0 Å². The molecule has 24 heavy (non-hydrogen) atoms. The molecule has 0 spiro atoms. The lowest BCUT2D eigenvalue weighted by atomic mass is 10.0. The molecule has 8 heteroatoms. The Bertz CT molecular complexity index is 745. The second kappa shape index (κ2) is 7.67. The second-order valence-electron chi connectivity index (χ2n) is 5.47. The molecule has 1 aromatic heterocycles. The van der Waals surface area contributed by atoms with Gasteiger partial charge in [0, 0.05) is 6.92 Å². The van der Waals surface area contributed by atoms with Crippen LogP contribution in [0.3, 0.4) is 0 Å². The summed E-state index contributed by atoms with van der Waals surface area (Å²) in [5, 5.41) is 10.9. The van der Waals surface area contributed by atoms with Gasteiger partial charge in [-0.05, 0) is 29.0 Å². The number of ether oxygens (including phenoxy) is 1. The molecule has 0 N–H and O–H groups in total. The summed E-state index contributed by atoms with van der Waals surface area (Å²) < 4.78 is 19.7. The van der Waals surface area contributed by atoms with E-state index in [1.165, 1.54) is 22.9 Å². The monoisotopic (exact) mass is 335 g/mol. The lowest BCUT2D eigenvalue weighted by molar-refractivity contribution is -0.392. The zero-order chi connectivity index (χ0) is 17.7. The van der Waals surface area contributed by atoms with E-state index in [0.29, 0.717) is 17.8 Å². The first-order chi connectivity index (χ1) is 11.4. The van der Waals surface area contributed by atoms with Crippen molar-refractivity contribution in [3.8, 4) is 0 Å². The summed E-state index contributed by atoms with van der Waals surface area (Å²) >= 11 is 0. The molecule has 0 aliphatic heterocycles. The maximum Gasteiger partial charge on any atom is 0.342 e. The summed E-state index contributed by atoms with van der Waals surface area (Å²) in [5.41, 5.74) is 0.709. The van der Waals surface area contributed by atoms with Crippen LogP contribution in [0.4, 0.5) is 10.2 Å². The zero-order valence-corrected chi connectivity index (χ0v) is 13.4. The SMILES string of the molecule is Cc1ncc([N+](=O)[O-])n1CCOC(=O)C(C)Cc1cccc(F)c1. The Morgan fingerprint density at radius 3 is 2.92 bits per heavy atom. The normalized spacial score (nSPS) is 12.0. The number of carbonyl (C=O) groups is 1. The number of nitro groups is 1. The fourth-order valence-corrected chi connectivity index (χ4v) is 2.36. The van der Waals surface area contributed by atoms with Gasteiger partial charge >= 0.3 is 11.8 Å². The van der Waals surface area contributed by atoms with E-state index in [4.69, 9.17) is 4.74 Å². The number of nitrogens with zero attached hydrogens (tertiary/aromatic N) is 3. The average Bonchev–Trinajstić information content (AvgIpc) is 2.88.